The largest absolute Gasteiger partial charge is 0.379 e. The van der Waals surface area contributed by atoms with Crippen molar-refractivity contribution < 1.29 is 9.53 Å². The first-order valence-corrected chi connectivity index (χ1v) is 5.88. The van der Waals surface area contributed by atoms with Gasteiger partial charge in [0.05, 0.1) is 12.6 Å². The van der Waals surface area contributed by atoms with Gasteiger partial charge < -0.3 is 15.8 Å². The Hall–Kier alpha value is -0.610. The summed E-state index contributed by atoms with van der Waals surface area (Å²) in [5.74, 6) is 0.684. The molecular weight excluding hydrogens is 192 g/mol. The molecule has 0 aromatic carbocycles. The standard InChI is InChI=1S/C11H20N2O2/c12-10(8-3-4-8)6-11(14)13-9-2-1-5-15-7-9/h8-10H,1-7,12H2,(H,13,14). The number of carbonyl (C=O) groups excluding carboxylic acids is 1. The molecule has 2 rings (SSSR count). The first-order chi connectivity index (χ1) is 7.25. The number of hydrogen-bond donors (Lipinski definition) is 2. The molecule has 1 heterocycles. The topological polar surface area (TPSA) is 64.4 Å². The van der Waals surface area contributed by atoms with Crippen molar-refractivity contribution in [2.45, 2.75) is 44.2 Å². The zero-order chi connectivity index (χ0) is 10.7. The van der Waals surface area contributed by atoms with Gasteiger partial charge >= 0.3 is 0 Å². The molecule has 2 atom stereocenters. The normalized spacial score (nSPS) is 28.5. The molecule has 0 aromatic heterocycles. The van der Waals surface area contributed by atoms with Crippen molar-refractivity contribution in [3.05, 3.63) is 0 Å². The van der Waals surface area contributed by atoms with E-state index in [4.69, 9.17) is 10.5 Å². The maximum Gasteiger partial charge on any atom is 0.221 e. The molecule has 4 nitrogen and oxygen atoms in total. The maximum atomic E-state index is 11.6. The fourth-order valence-corrected chi connectivity index (χ4v) is 2.05. The van der Waals surface area contributed by atoms with E-state index in [9.17, 15) is 4.79 Å². The van der Waals surface area contributed by atoms with Crippen molar-refractivity contribution in [1.29, 1.82) is 0 Å². The van der Waals surface area contributed by atoms with Gasteiger partial charge in [0.2, 0.25) is 5.91 Å². The highest BCUT2D eigenvalue weighted by Crippen LogP contribution is 2.32. The Morgan fingerprint density at radius 2 is 2.27 bits per heavy atom. The molecule has 2 aliphatic rings. The predicted octanol–water partition coefficient (Wildman–Crippen LogP) is 0.409. The van der Waals surface area contributed by atoms with Gasteiger partial charge in [-0.2, -0.15) is 0 Å². The quantitative estimate of drug-likeness (QED) is 0.709. The lowest BCUT2D eigenvalue weighted by Crippen LogP contribution is -2.43. The van der Waals surface area contributed by atoms with E-state index in [-0.39, 0.29) is 18.0 Å². The van der Waals surface area contributed by atoms with Gasteiger partial charge in [-0.25, -0.2) is 0 Å². The van der Waals surface area contributed by atoms with Gasteiger partial charge in [0.15, 0.2) is 0 Å². The van der Waals surface area contributed by atoms with E-state index in [1.807, 2.05) is 0 Å². The van der Waals surface area contributed by atoms with Gasteiger partial charge in [-0.15, -0.1) is 0 Å². The second-order valence-electron chi connectivity index (χ2n) is 4.69. The lowest BCUT2D eigenvalue weighted by atomic mass is 10.1. The predicted molar refractivity (Wildman–Crippen MR) is 57.3 cm³/mol. The van der Waals surface area contributed by atoms with Crippen LogP contribution < -0.4 is 11.1 Å². The molecule has 15 heavy (non-hydrogen) atoms. The van der Waals surface area contributed by atoms with Gasteiger partial charge in [-0.3, -0.25) is 4.79 Å². The summed E-state index contributed by atoms with van der Waals surface area (Å²) in [6, 6.07) is 0.271. The summed E-state index contributed by atoms with van der Waals surface area (Å²) in [6.45, 7) is 1.48. The fraction of sp³-hybridized carbons (Fsp3) is 0.909. The molecule has 0 bridgehead atoms. The van der Waals surface area contributed by atoms with Gasteiger partial charge in [0, 0.05) is 19.1 Å². The number of carbonyl (C=O) groups is 1. The van der Waals surface area contributed by atoms with E-state index >= 15 is 0 Å². The third-order valence-corrected chi connectivity index (χ3v) is 3.17. The monoisotopic (exact) mass is 212 g/mol. The van der Waals surface area contributed by atoms with E-state index in [0.717, 1.165) is 19.4 Å². The first kappa shape index (κ1) is 10.9. The summed E-state index contributed by atoms with van der Waals surface area (Å²) in [4.78, 5) is 11.6. The third-order valence-electron chi connectivity index (χ3n) is 3.17. The van der Waals surface area contributed by atoms with E-state index in [1.54, 1.807) is 0 Å². The summed E-state index contributed by atoms with van der Waals surface area (Å²) in [5.41, 5.74) is 5.89. The average molecular weight is 212 g/mol. The van der Waals surface area contributed by atoms with E-state index < -0.39 is 0 Å². The molecular formula is C11H20N2O2. The Bertz CT molecular complexity index is 223. The molecule has 1 saturated carbocycles. The van der Waals surface area contributed by atoms with Crippen LogP contribution in [0, 0.1) is 5.92 Å². The van der Waals surface area contributed by atoms with Crippen LogP contribution in [0.2, 0.25) is 0 Å². The highest BCUT2D eigenvalue weighted by molar-refractivity contribution is 5.77. The smallest absolute Gasteiger partial charge is 0.221 e. The second-order valence-corrected chi connectivity index (χ2v) is 4.69. The second kappa shape index (κ2) is 4.94. The number of amides is 1. The van der Waals surface area contributed by atoms with Crippen LogP contribution in [-0.2, 0) is 9.53 Å². The number of nitrogens with one attached hydrogen (secondary N) is 1. The summed E-state index contributed by atoms with van der Waals surface area (Å²) in [7, 11) is 0. The minimum absolute atomic E-state index is 0.0644. The Morgan fingerprint density at radius 3 is 2.87 bits per heavy atom. The van der Waals surface area contributed by atoms with E-state index in [1.165, 1.54) is 12.8 Å². The van der Waals surface area contributed by atoms with Crippen LogP contribution in [0.15, 0.2) is 0 Å². The number of hydrogen-bond acceptors (Lipinski definition) is 3. The summed E-state index contributed by atoms with van der Waals surface area (Å²) in [5, 5.41) is 2.99. The number of nitrogens with two attached hydrogens (primary N) is 1. The lowest BCUT2D eigenvalue weighted by Gasteiger charge is -2.23. The van der Waals surface area contributed by atoms with Gasteiger partial charge in [-0.1, -0.05) is 0 Å². The zero-order valence-electron chi connectivity index (χ0n) is 9.08. The number of rotatable bonds is 4. The van der Waals surface area contributed by atoms with Crippen LogP contribution in [-0.4, -0.2) is 31.2 Å². The van der Waals surface area contributed by atoms with Crippen LogP contribution in [0.4, 0.5) is 0 Å². The molecule has 1 aliphatic heterocycles. The van der Waals surface area contributed by atoms with Crippen LogP contribution in [0.3, 0.4) is 0 Å². The molecule has 3 N–H and O–H groups in total. The number of ether oxygens (including phenoxy) is 1. The molecule has 0 aromatic rings. The summed E-state index contributed by atoms with van der Waals surface area (Å²) < 4.78 is 5.30. The Labute approximate surface area is 90.5 Å². The molecule has 1 saturated heterocycles. The van der Waals surface area contributed by atoms with Crippen molar-refractivity contribution in [3.8, 4) is 0 Å². The molecule has 1 amide bonds. The van der Waals surface area contributed by atoms with Crippen LogP contribution in [0.5, 0.6) is 0 Å². The Kier molecular flexibility index (Phi) is 3.59. The Morgan fingerprint density at radius 1 is 1.47 bits per heavy atom. The highest BCUT2D eigenvalue weighted by atomic mass is 16.5. The van der Waals surface area contributed by atoms with E-state index in [0.29, 0.717) is 18.9 Å². The summed E-state index contributed by atoms with van der Waals surface area (Å²) >= 11 is 0. The zero-order valence-corrected chi connectivity index (χ0v) is 9.08. The minimum Gasteiger partial charge on any atom is -0.379 e. The first-order valence-electron chi connectivity index (χ1n) is 5.88. The molecule has 86 valence electrons. The van der Waals surface area contributed by atoms with Crippen molar-refractivity contribution in [3.63, 3.8) is 0 Å². The average Bonchev–Trinajstić information content (AvgIpc) is 3.01. The van der Waals surface area contributed by atoms with Crippen LogP contribution in [0.25, 0.3) is 0 Å². The maximum absolute atomic E-state index is 11.6. The van der Waals surface area contributed by atoms with Crippen molar-refractivity contribution in [2.24, 2.45) is 11.7 Å². The van der Waals surface area contributed by atoms with Gasteiger partial charge in [0.1, 0.15) is 0 Å². The molecule has 1 aliphatic carbocycles. The SMILES string of the molecule is NC(CC(=O)NC1CCCOC1)C1CC1. The van der Waals surface area contributed by atoms with Crippen molar-refractivity contribution >= 4 is 5.91 Å². The Balaban J connectivity index is 1.66. The fourth-order valence-electron chi connectivity index (χ4n) is 2.05. The van der Waals surface area contributed by atoms with Gasteiger partial charge in [0.25, 0.3) is 0 Å². The molecule has 2 unspecified atom stereocenters. The molecule has 4 heteroatoms. The minimum atomic E-state index is 0.0644. The van der Waals surface area contributed by atoms with E-state index in [2.05, 4.69) is 5.32 Å². The third kappa shape index (κ3) is 3.47. The van der Waals surface area contributed by atoms with Gasteiger partial charge in [-0.05, 0) is 31.6 Å². The molecule has 2 fully saturated rings. The van der Waals surface area contributed by atoms with Crippen molar-refractivity contribution in [1.82, 2.24) is 5.32 Å². The van der Waals surface area contributed by atoms with Crippen LogP contribution >= 0.6 is 0 Å². The molecule has 0 spiro atoms. The summed E-state index contributed by atoms with van der Waals surface area (Å²) in [6.07, 6.45) is 4.94. The van der Waals surface area contributed by atoms with Crippen molar-refractivity contribution in [2.75, 3.05) is 13.2 Å². The molecule has 0 radical (unpaired) electrons. The highest BCUT2D eigenvalue weighted by Gasteiger charge is 2.30. The lowest BCUT2D eigenvalue weighted by molar-refractivity contribution is -0.123. The van der Waals surface area contributed by atoms with Crippen LogP contribution in [0.1, 0.15) is 32.1 Å².